The average molecular weight is 345 g/mol. The van der Waals surface area contributed by atoms with Crippen LogP contribution in [0.5, 0.6) is 5.75 Å². The monoisotopic (exact) mass is 345 g/mol. The van der Waals surface area contributed by atoms with Crippen LogP contribution in [0.2, 0.25) is 0 Å². The van der Waals surface area contributed by atoms with E-state index in [1.165, 1.54) is 43.4 Å². The Kier molecular flexibility index (Phi) is 3.90. The summed E-state index contributed by atoms with van der Waals surface area (Å²) in [7, 11) is 0. The molecule has 3 atom stereocenters. The zero-order valence-electron chi connectivity index (χ0n) is 15.3. The molecule has 0 radical (unpaired) electrons. The molecule has 0 aromatic heterocycles. The van der Waals surface area contributed by atoms with Gasteiger partial charge in [-0.15, -0.1) is 0 Å². The summed E-state index contributed by atoms with van der Waals surface area (Å²) in [6.45, 7) is 2.33. The maximum atomic E-state index is 10.3. The lowest BCUT2D eigenvalue weighted by atomic mass is 9.54. The molecule has 2 aromatic rings. The lowest BCUT2D eigenvalue weighted by Crippen LogP contribution is -2.59. The number of piperidine rings is 1. The fourth-order valence-electron chi connectivity index (χ4n) is 5.87. The van der Waals surface area contributed by atoms with Gasteiger partial charge in [-0.2, -0.15) is 0 Å². The molecule has 2 nitrogen and oxygen atoms in total. The molecule has 1 saturated carbocycles. The molecule has 2 aromatic carbocycles. The molecule has 3 aliphatic rings. The maximum Gasteiger partial charge on any atom is 0.123 e. The van der Waals surface area contributed by atoms with Crippen LogP contribution in [0.3, 0.4) is 0 Å². The summed E-state index contributed by atoms with van der Waals surface area (Å²) in [6.07, 6.45) is 10.8. The van der Waals surface area contributed by atoms with Gasteiger partial charge in [0.15, 0.2) is 0 Å². The minimum Gasteiger partial charge on any atom is -0.507 e. The summed E-state index contributed by atoms with van der Waals surface area (Å²) in [5.74, 6) is 1.04. The molecule has 0 spiro atoms. The van der Waals surface area contributed by atoms with Gasteiger partial charge in [0.05, 0.1) is 0 Å². The molecule has 2 aliphatic carbocycles. The molecular formula is C24H27NO. The molecule has 1 aliphatic heterocycles. The summed E-state index contributed by atoms with van der Waals surface area (Å²) in [4.78, 5) is 2.74. The van der Waals surface area contributed by atoms with Crippen LogP contribution in [0.1, 0.15) is 42.4 Å². The Labute approximate surface area is 156 Å². The third-order valence-corrected chi connectivity index (χ3v) is 7.11. The highest BCUT2D eigenvalue weighted by molar-refractivity contribution is 5.66. The van der Waals surface area contributed by atoms with Crippen molar-refractivity contribution in [1.29, 1.82) is 0 Å². The van der Waals surface area contributed by atoms with E-state index in [1.807, 2.05) is 12.1 Å². The van der Waals surface area contributed by atoms with Crippen LogP contribution in [0.15, 0.2) is 54.6 Å². The number of rotatable bonds is 3. The van der Waals surface area contributed by atoms with Crippen LogP contribution in [0.25, 0.3) is 6.08 Å². The van der Waals surface area contributed by atoms with Crippen LogP contribution in [-0.2, 0) is 11.8 Å². The van der Waals surface area contributed by atoms with Crippen LogP contribution < -0.4 is 0 Å². The molecule has 0 unspecified atom stereocenters. The Morgan fingerprint density at radius 1 is 1.04 bits per heavy atom. The molecule has 5 rings (SSSR count). The van der Waals surface area contributed by atoms with Gasteiger partial charge in [0, 0.05) is 29.5 Å². The van der Waals surface area contributed by atoms with Crippen molar-refractivity contribution < 1.29 is 5.11 Å². The normalized spacial score (nSPS) is 29.8. The quantitative estimate of drug-likeness (QED) is 0.866. The van der Waals surface area contributed by atoms with E-state index in [2.05, 4.69) is 53.5 Å². The van der Waals surface area contributed by atoms with Gasteiger partial charge < -0.3 is 5.11 Å². The number of phenols is 1. The summed E-state index contributed by atoms with van der Waals surface area (Å²) in [5, 5.41) is 10.3. The number of hydrogen-bond donors (Lipinski definition) is 1. The fourth-order valence-corrected chi connectivity index (χ4v) is 5.87. The van der Waals surface area contributed by atoms with Gasteiger partial charge in [-0.05, 0) is 49.4 Å². The van der Waals surface area contributed by atoms with E-state index in [0.717, 1.165) is 18.5 Å². The van der Waals surface area contributed by atoms with Gasteiger partial charge in [0.25, 0.3) is 0 Å². The van der Waals surface area contributed by atoms with Gasteiger partial charge in [-0.1, -0.05) is 61.0 Å². The second kappa shape index (κ2) is 6.28. The Morgan fingerprint density at radius 2 is 1.92 bits per heavy atom. The van der Waals surface area contributed by atoms with Gasteiger partial charge in [0.1, 0.15) is 5.75 Å². The van der Waals surface area contributed by atoms with Crippen molar-refractivity contribution in [3.63, 3.8) is 0 Å². The fraction of sp³-hybridized carbons (Fsp3) is 0.417. The second-order valence-electron chi connectivity index (χ2n) is 8.26. The highest BCUT2D eigenvalue weighted by atomic mass is 16.3. The van der Waals surface area contributed by atoms with E-state index in [9.17, 15) is 5.11 Å². The predicted molar refractivity (Wildman–Crippen MR) is 106 cm³/mol. The SMILES string of the molecule is Oc1cccc2c1C=C[C@@H]1[C@@H]3CCC[C@]21CCN3CCc1ccccc1. The molecule has 1 saturated heterocycles. The number of phenolic OH excluding ortho intramolecular Hbond substituents is 1. The Morgan fingerprint density at radius 3 is 2.81 bits per heavy atom. The maximum absolute atomic E-state index is 10.3. The number of benzene rings is 2. The molecular weight excluding hydrogens is 318 g/mol. The van der Waals surface area contributed by atoms with E-state index in [-0.39, 0.29) is 5.41 Å². The number of nitrogens with zero attached hydrogens (tertiary/aromatic N) is 1. The van der Waals surface area contributed by atoms with Gasteiger partial charge in [-0.25, -0.2) is 0 Å². The first kappa shape index (κ1) is 16.1. The average Bonchev–Trinajstić information content (AvgIpc) is 2.68. The van der Waals surface area contributed by atoms with Crippen molar-refractivity contribution in [3.05, 3.63) is 71.3 Å². The first-order valence-electron chi connectivity index (χ1n) is 10.1. The second-order valence-corrected chi connectivity index (χ2v) is 8.26. The Hall–Kier alpha value is -2.06. The van der Waals surface area contributed by atoms with Crippen molar-refractivity contribution in [3.8, 4) is 5.75 Å². The standard InChI is InChI=1S/C24H27NO/c26-23-10-4-8-20-19(23)11-12-21-22-9-5-14-24(20,21)15-17-25(22)16-13-18-6-2-1-3-7-18/h1-4,6-8,10-12,21-22,26H,5,9,13-17H2/t21-,22+,24+/m1/s1. The smallest absolute Gasteiger partial charge is 0.123 e. The van der Waals surface area contributed by atoms with Crippen molar-refractivity contribution in [2.75, 3.05) is 13.1 Å². The van der Waals surface area contributed by atoms with Crippen molar-refractivity contribution in [1.82, 2.24) is 4.90 Å². The molecule has 0 amide bonds. The molecule has 2 bridgehead atoms. The topological polar surface area (TPSA) is 23.5 Å². The minimum absolute atomic E-state index is 0.245. The summed E-state index contributed by atoms with van der Waals surface area (Å²) in [5.41, 5.74) is 4.16. The Balaban J connectivity index is 1.43. The van der Waals surface area contributed by atoms with Crippen molar-refractivity contribution in [2.45, 2.75) is 43.6 Å². The summed E-state index contributed by atoms with van der Waals surface area (Å²) >= 11 is 0. The summed E-state index contributed by atoms with van der Waals surface area (Å²) < 4.78 is 0. The number of likely N-dealkylation sites (tertiary alicyclic amines) is 1. The van der Waals surface area contributed by atoms with E-state index >= 15 is 0 Å². The highest BCUT2D eigenvalue weighted by Gasteiger charge is 2.52. The van der Waals surface area contributed by atoms with E-state index < -0.39 is 0 Å². The zero-order chi connectivity index (χ0) is 17.6. The van der Waals surface area contributed by atoms with Crippen LogP contribution >= 0.6 is 0 Å². The molecule has 2 fully saturated rings. The Bertz CT molecular complexity index is 827. The largest absolute Gasteiger partial charge is 0.507 e. The molecule has 26 heavy (non-hydrogen) atoms. The third kappa shape index (κ3) is 2.43. The van der Waals surface area contributed by atoms with Crippen LogP contribution in [0.4, 0.5) is 0 Å². The minimum atomic E-state index is 0.245. The van der Waals surface area contributed by atoms with Gasteiger partial charge >= 0.3 is 0 Å². The highest BCUT2D eigenvalue weighted by Crippen LogP contribution is 2.55. The first-order chi connectivity index (χ1) is 12.8. The third-order valence-electron chi connectivity index (χ3n) is 7.11. The summed E-state index contributed by atoms with van der Waals surface area (Å²) in [6, 6.07) is 17.7. The lowest BCUT2D eigenvalue weighted by Gasteiger charge is -2.57. The van der Waals surface area contributed by atoms with Gasteiger partial charge in [-0.3, -0.25) is 4.90 Å². The van der Waals surface area contributed by atoms with Crippen LogP contribution in [0, 0.1) is 5.92 Å². The molecule has 2 heteroatoms. The van der Waals surface area contributed by atoms with E-state index in [4.69, 9.17) is 0 Å². The predicted octanol–water partition coefficient (Wildman–Crippen LogP) is 4.77. The van der Waals surface area contributed by atoms with E-state index in [0.29, 0.717) is 17.7 Å². The molecule has 1 N–H and O–H groups in total. The van der Waals surface area contributed by atoms with Crippen LogP contribution in [-0.4, -0.2) is 29.1 Å². The zero-order valence-corrected chi connectivity index (χ0v) is 15.3. The first-order valence-corrected chi connectivity index (χ1v) is 10.1. The van der Waals surface area contributed by atoms with Gasteiger partial charge in [0.2, 0.25) is 0 Å². The molecule has 1 heterocycles. The van der Waals surface area contributed by atoms with Crippen molar-refractivity contribution in [2.24, 2.45) is 5.92 Å². The number of aromatic hydroxyl groups is 1. The number of hydrogen-bond acceptors (Lipinski definition) is 2. The lowest BCUT2D eigenvalue weighted by molar-refractivity contribution is 0.0105. The van der Waals surface area contributed by atoms with Crippen molar-refractivity contribution >= 4 is 6.08 Å². The number of fused-ring (bicyclic) bond motifs is 1. The van der Waals surface area contributed by atoms with E-state index in [1.54, 1.807) is 0 Å². The molecule has 134 valence electrons.